The maximum absolute atomic E-state index is 12.4. The number of nitro groups is 1. The van der Waals surface area contributed by atoms with Gasteiger partial charge >= 0.3 is 0 Å². The summed E-state index contributed by atoms with van der Waals surface area (Å²) in [5, 5.41) is 23.3. The van der Waals surface area contributed by atoms with E-state index >= 15 is 0 Å². The number of non-ortho nitro benzene ring substituents is 1. The first-order chi connectivity index (χ1) is 13.0. The summed E-state index contributed by atoms with van der Waals surface area (Å²) in [5.74, 6) is 0.644. The molecule has 0 spiro atoms. The Kier molecular flexibility index (Phi) is 5.32. The first kappa shape index (κ1) is 17.9. The number of hydrogen-bond donors (Lipinski definition) is 2. The third kappa shape index (κ3) is 4.60. The molecular formula is C20H16N2O5. The maximum atomic E-state index is 12.4. The second kappa shape index (κ2) is 8.01. The second-order valence-electron chi connectivity index (χ2n) is 5.70. The van der Waals surface area contributed by atoms with E-state index in [0.717, 1.165) is 0 Å². The van der Waals surface area contributed by atoms with E-state index in [0.29, 0.717) is 17.1 Å². The molecule has 0 heterocycles. The lowest BCUT2D eigenvalue weighted by Gasteiger charge is -2.09. The zero-order valence-electron chi connectivity index (χ0n) is 14.2. The number of carbonyl (C=O) groups excluding carboxylic acids is 1. The van der Waals surface area contributed by atoms with Gasteiger partial charge in [0.2, 0.25) is 0 Å². The number of benzene rings is 3. The number of nitrogens with zero attached hydrogens (tertiary/aromatic N) is 1. The maximum Gasteiger partial charge on any atom is 0.270 e. The van der Waals surface area contributed by atoms with Crippen LogP contribution in [0.25, 0.3) is 0 Å². The van der Waals surface area contributed by atoms with Gasteiger partial charge in [0.15, 0.2) is 0 Å². The molecule has 0 fully saturated rings. The average molecular weight is 364 g/mol. The monoisotopic (exact) mass is 364 g/mol. The Balaban J connectivity index is 1.69. The van der Waals surface area contributed by atoms with E-state index in [1.165, 1.54) is 18.2 Å². The van der Waals surface area contributed by atoms with Gasteiger partial charge in [-0.25, -0.2) is 0 Å². The van der Waals surface area contributed by atoms with Crippen molar-refractivity contribution in [1.82, 2.24) is 5.32 Å². The van der Waals surface area contributed by atoms with Crippen LogP contribution in [-0.2, 0) is 6.54 Å². The second-order valence-corrected chi connectivity index (χ2v) is 5.70. The molecular weight excluding hydrogens is 348 g/mol. The van der Waals surface area contributed by atoms with Crippen LogP contribution in [0.15, 0.2) is 72.8 Å². The van der Waals surface area contributed by atoms with Crippen LogP contribution in [0.1, 0.15) is 15.9 Å². The number of nitrogens with one attached hydrogen (secondary N) is 1. The third-order valence-corrected chi connectivity index (χ3v) is 3.79. The predicted octanol–water partition coefficient (Wildman–Crippen LogP) is 4.02. The largest absolute Gasteiger partial charge is 0.508 e. The molecule has 0 atom stereocenters. The van der Waals surface area contributed by atoms with Crippen molar-refractivity contribution >= 4 is 11.6 Å². The van der Waals surface area contributed by atoms with Crippen molar-refractivity contribution in [2.45, 2.75) is 6.54 Å². The van der Waals surface area contributed by atoms with E-state index in [1.807, 2.05) is 18.2 Å². The number of hydrogen-bond acceptors (Lipinski definition) is 5. The summed E-state index contributed by atoms with van der Waals surface area (Å²) in [4.78, 5) is 22.6. The van der Waals surface area contributed by atoms with E-state index in [1.54, 1.807) is 36.4 Å². The van der Waals surface area contributed by atoms with E-state index in [9.17, 15) is 20.0 Å². The van der Waals surface area contributed by atoms with Gasteiger partial charge in [0.25, 0.3) is 11.6 Å². The molecule has 3 aromatic rings. The highest BCUT2D eigenvalue weighted by Crippen LogP contribution is 2.24. The summed E-state index contributed by atoms with van der Waals surface area (Å²) in [6.07, 6.45) is 0. The lowest BCUT2D eigenvalue weighted by molar-refractivity contribution is -0.384. The van der Waals surface area contributed by atoms with E-state index in [2.05, 4.69) is 5.32 Å². The fraction of sp³-hybridized carbons (Fsp3) is 0.0500. The van der Waals surface area contributed by atoms with Crippen molar-refractivity contribution in [1.29, 1.82) is 0 Å². The molecule has 0 radical (unpaired) electrons. The minimum atomic E-state index is -0.560. The zero-order chi connectivity index (χ0) is 19.2. The minimum absolute atomic E-state index is 0.0455. The van der Waals surface area contributed by atoms with E-state index in [4.69, 9.17) is 4.74 Å². The number of amides is 1. The van der Waals surface area contributed by atoms with Gasteiger partial charge < -0.3 is 15.2 Å². The summed E-state index contributed by atoms with van der Waals surface area (Å²) >= 11 is 0. The van der Waals surface area contributed by atoms with E-state index in [-0.39, 0.29) is 29.5 Å². The van der Waals surface area contributed by atoms with Gasteiger partial charge in [0.1, 0.15) is 17.2 Å². The van der Waals surface area contributed by atoms with Crippen LogP contribution in [0.3, 0.4) is 0 Å². The highest BCUT2D eigenvalue weighted by molar-refractivity contribution is 5.94. The smallest absolute Gasteiger partial charge is 0.270 e. The Morgan fingerprint density at radius 3 is 2.48 bits per heavy atom. The lowest BCUT2D eigenvalue weighted by atomic mass is 10.1. The summed E-state index contributed by atoms with van der Waals surface area (Å²) in [5.41, 5.74) is 0.470. The molecule has 0 saturated heterocycles. The zero-order valence-corrected chi connectivity index (χ0v) is 14.2. The molecule has 3 aromatic carbocycles. The number of phenols is 1. The minimum Gasteiger partial charge on any atom is -0.508 e. The topological polar surface area (TPSA) is 102 Å². The van der Waals surface area contributed by atoms with Gasteiger partial charge in [-0.15, -0.1) is 0 Å². The molecule has 3 rings (SSSR count). The van der Waals surface area contributed by atoms with Crippen LogP contribution in [0.5, 0.6) is 17.2 Å². The Labute approximate surface area is 155 Å². The normalized spacial score (nSPS) is 10.2. The molecule has 136 valence electrons. The van der Waals surface area contributed by atoms with Crippen LogP contribution in [0, 0.1) is 10.1 Å². The van der Waals surface area contributed by atoms with Crippen molar-refractivity contribution in [2.75, 3.05) is 0 Å². The fourth-order valence-electron chi connectivity index (χ4n) is 2.43. The van der Waals surface area contributed by atoms with Crippen molar-refractivity contribution in [3.05, 3.63) is 94.0 Å². The molecule has 0 bridgehead atoms. The number of nitro benzene ring substituents is 1. The number of aromatic hydroxyl groups is 1. The van der Waals surface area contributed by atoms with Crippen LogP contribution in [-0.4, -0.2) is 15.9 Å². The molecule has 0 unspecified atom stereocenters. The first-order valence-corrected chi connectivity index (χ1v) is 8.10. The highest BCUT2D eigenvalue weighted by Gasteiger charge is 2.12. The van der Waals surface area contributed by atoms with Gasteiger partial charge in [-0.05, 0) is 36.4 Å². The fourth-order valence-corrected chi connectivity index (χ4v) is 2.43. The number of phenolic OH excluding ortho intramolecular Hbond substituents is 1. The SMILES string of the molecule is O=C(NCc1cc([N+](=O)[O-])ccc1O)c1cccc(Oc2ccccc2)c1. The van der Waals surface area contributed by atoms with E-state index < -0.39 is 4.92 Å². The molecule has 0 aromatic heterocycles. The molecule has 0 aliphatic carbocycles. The Bertz CT molecular complexity index is 973. The first-order valence-electron chi connectivity index (χ1n) is 8.10. The number of para-hydroxylation sites is 1. The van der Waals surface area contributed by atoms with Crippen molar-refractivity contribution in [3.8, 4) is 17.2 Å². The van der Waals surface area contributed by atoms with Gasteiger partial charge in [-0.2, -0.15) is 0 Å². The number of carbonyl (C=O) groups is 1. The summed E-state index contributed by atoms with van der Waals surface area (Å²) in [6, 6.07) is 19.5. The van der Waals surface area contributed by atoms with Crippen molar-refractivity contribution in [3.63, 3.8) is 0 Å². The molecule has 7 nitrogen and oxygen atoms in total. The Morgan fingerprint density at radius 2 is 1.74 bits per heavy atom. The molecule has 27 heavy (non-hydrogen) atoms. The van der Waals surface area contributed by atoms with Crippen molar-refractivity contribution < 1.29 is 19.6 Å². The van der Waals surface area contributed by atoms with Crippen LogP contribution >= 0.6 is 0 Å². The number of ether oxygens (including phenoxy) is 1. The van der Waals surface area contributed by atoms with Gasteiger partial charge in [0, 0.05) is 29.8 Å². The van der Waals surface area contributed by atoms with Gasteiger partial charge in [0.05, 0.1) is 4.92 Å². The Morgan fingerprint density at radius 1 is 1.00 bits per heavy atom. The third-order valence-electron chi connectivity index (χ3n) is 3.79. The standard InChI is InChI=1S/C20H16N2O5/c23-19-10-9-16(22(25)26)11-15(19)13-21-20(24)14-5-4-8-18(12-14)27-17-6-2-1-3-7-17/h1-12,23H,13H2,(H,21,24). The molecule has 1 amide bonds. The van der Waals surface area contributed by atoms with Crippen molar-refractivity contribution in [2.24, 2.45) is 0 Å². The van der Waals surface area contributed by atoms with Crippen LogP contribution in [0.2, 0.25) is 0 Å². The molecule has 0 saturated carbocycles. The Hall–Kier alpha value is -3.87. The predicted molar refractivity (Wildman–Crippen MR) is 98.9 cm³/mol. The van der Waals surface area contributed by atoms with Gasteiger partial charge in [-0.1, -0.05) is 24.3 Å². The van der Waals surface area contributed by atoms with Crippen LogP contribution in [0.4, 0.5) is 5.69 Å². The molecule has 0 aliphatic heterocycles. The summed E-state index contributed by atoms with van der Waals surface area (Å²) in [7, 11) is 0. The van der Waals surface area contributed by atoms with Crippen LogP contribution < -0.4 is 10.1 Å². The summed E-state index contributed by atoms with van der Waals surface area (Å²) < 4.78 is 5.70. The lowest BCUT2D eigenvalue weighted by Crippen LogP contribution is -2.22. The quantitative estimate of drug-likeness (QED) is 0.508. The average Bonchev–Trinajstić information content (AvgIpc) is 2.68. The number of rotatable bonds is 6. The molecule has 0 aliphatic rings. The molecule has 7 heteroatoms. The highest BCUT2D eigenvalue weighted by atomic mass is 16.6. The van der Waals surface area contributed by atoms with Gasteiger partial charge in [-0.3, -0.25) is 14.9 Å². The summed E-state index contributed by atoms with van der Waals surface area (Å²) in [6.45, 7) is -0.0455. The molecule has 2 N–H and O–H groups in total.